The van der Waals surface area contributed by atoms with Gasteiger partial charge < -0.3 is 24.8 Å². The second-order valence-corrected chi connectivity index (χ2v) is 9.98. The van der Waals surface area contributed by atoms with Gasteiger partial charge in [-0.25, -0.2) is 0 Å². The van der Waals surface area contributed by atoms with Gasteiger partial charge in [-0.15, -0.1) is 0 Å². The third kappa shape index (κ3) is 5.63. The van der Waals surface area contributed by atoms with E-state index in [9.17, 15) is 4.79 Å². The number of carbonyl (C=O) groups is 1. The van der Waals surface area contributed by atoms with Gasteiger partial charge in [-0.2, -0.15) is 0 Å². The summed E-state index contributed by atoms with van der Waals surface area (Å²) >= 11 is 5.82. The molecule has 0 bridgehead atoms. The Morgan fingerprint density at radius 3 is 2.67 bits per heavy atom. The molecule has 39 heavy (non-hydrogen) atoms. The molecule has 2 N–H and O–H groups in total. The van der Waals surface area contributed by atoms with Gasteiger partial charge in [-0.3, -0.25) is 14.8 Å². The molecule has 8 nitrogen and oxygen atoms in total. The largest absolute Gasteiger partial charge is 0.495 e. The lowest BCUT2D eigenvalue weighted by molar-refractivity contribution is -0.116. The highest BCUT2D eigenvalue weighted by Gasteiger charge is 2.41. The topological polar surface area (TPSA) is 84.3 Å². The van der Waals surface area contributed by atoms with Crippen molar-refractivity contribution in [3.05, 3.63) is 107 Å². The van der Waals surface area contributed by atoms with Crippen molar-refractivity contribution in [2.45, 2.75) is 38.9 Å². The van der Waals surface area contributed by atoms with Crippen molar-refractivity contribution in [3.8, 4) is 5.75 Å². The van der Waals surface area contributed by atoms with E-state index in [-0.39, 0.29) is 24.4 Å². The summed E-state index contributed by atoms with van der Waals surface area (Å²) in [5.41, 5.74) is 6.15. The van der Waals surface area contributed by atoms with Crippen LogP contribution >= 0.6 is 12.2 Å². The molecule has 5 rings (SSSR count). The van der Waals surface area contributed by atoms with E-state index in [0.29, 0.717) is 23.1 Å². The molecular weight excluding hydrogens is 508 g/mol. The van der Waals surface area contributed by atoms with Gasteiger partial charge >= 0.3 is 0 Å². The molecule has 9 heteroatoms. The zero-order chi connectivity index (χ0) is 27.4. The molecule has 0 aliphatic carbocycles. The highest BCUT2D eigenvalue weighted by atomic mass is 32.1. The Morgan fingerprint density at radius 2 is 1.92 bits per heavy atom. The average molecular weight is 541 g/mol. The second-order valence-electron chi connectivity index (χ2n) is 9.59. The minimum Gasteiger partial charge on any atom is -0.495 e. The first kappa shape index (κ1) is 26.4. The predicted octanol–water partition coefficient (Wildman–Crippen LogP) is 4.95. The number of rotatable bonds is 9. The molecule has 0 spiro atoms. The number of hydrogen-bond acceptors (Lipinski definition) is 5. The van der Waals surface area contributed by atoms with E-state index in [1.54, 1.807) is 19.5 Å². The standard InChI is InChI=1S/C30H32N6O2S/c1-20-17-23(21(2)36(20)19-22-9-8-14-31-18-22)29-28(25-11-6-7-15-32-25)34-30(39)35(29)16-13-27(37)33-24-10-4-5-12-26(24)38-3/h4-12,14-15,17-18,28-29H,13,16,19H2,1-3H3,(H,33,37)(H,34,39). The molecule has 4 heterocycles. The third-order valence-electron chi connectivity index (χ3n) is 7.15. The molecule has 1 aromatic carbocycles. The number of aromatic nitrogens is 3. The summed E-state index contributed by atoms with van der Waals surface area (Å²) in [7, 11) is 1.59. The smallest absolute Gasteiger partial charge is 0.226 e. The monoisotopic (exact) mass is 540 g/mol. The van der Waals surface area contributed by atoms with Gasteiger partial charge in [0.1, 0.15) is 5.75 Å². The maximum Gasteiger partial charge on any atom is 0.226 e. The summed E-state index contributed by atoms with van der Waals surface area (Å²) < 4.78 is 7.68. The number of carbonyl (C=O) groups excluding carboxylic acids is 1. The summed E-state index contributed by atoms with van der Waals surface area (Å²) in [5, 5.41) is 7.07. The zero-order valence-electron chi connectivity index (χ0n) is 22.3. The highest BCUT2D eigenvalue weighted by Crippen LogP contribution is 2.41. The predicted molar refractivity (Wildman–Crippen MR) is 156 cm³/mol. The molecule has 2 atom stereocenters. The van der Waals surface area contributed by atoms with E-state index in [1.165, 1.54) is 0 Å². The van der Waals surface area contributed by atoms with Crippen LogP contribution in [0.25, 0.3) is 0 Å². The SMILES string of the molecule is COc1ccccc1NC(=O)CCN1C(=S)NC(c2ccccn2)C1c1cc(C)n(Cc2cccnc2)c1C. The van der Waals surface area contributed by atoms with Crippen molar-refractivity contribution in [1.82, 2.24) is 24.8 Å². The maximum atomic E-state index is 13.0. The molecule has 0 radical (unpaired) electrons. The van der Waals surface area contributed by atoms with Crippen LogP contribution in [-0.2, 0) is 11.3 Å². The van der Waals surface area contributed by atoms with Crippen LogP contribution in [0.2, 0.25) is 0 Å². The first-order valence-electron chi connectivity index (χ1n) is 12.9. The second kappa shape index (κ2) is 11.7. The van der Waals surface area contributed by atoms with E-state index >= 15 is 0 Å². The Hall–Kier alpha value is -4.24. The Labute approximate surface area is 234 Å². The van der Waals surface area contributed by atoms with E-state index < -0.39 is 0 Å². The molecule has 1 fully saturated rings. The number of anilines is 1. The molecule has 1 amide bonds. The van der Waals surface area contributed by atoms with Crippen LogP contribution in [0, 0.1) is 13.8 Å². The number of benzene rings is 1. The van der Waals surface area contributed by atoms with Gasteiger partial charge in [-0.05, 0) is 73.6 Å². The number of methoxy groups -OCH3 is 1. The van der Waals surface area contributed by atoms with Crippen molar-refractivity contribution in [2.24, 2.45) is 0 Å². The van der Waals surface area contributed by atoms with Crippen LogP contribution in [0.15, 0.2) is 79.3 Å². The lowest BCUT2D eigenvalue weighted by Gasteiger charge is -2.28. The first-order valence-corrected chi connectivity index (χ1v) is 13.3. The fourth-order valence-corrected chi connectivity index (χ4v) is 5.54. The first-order chi connectivity index (χ1) is 19.0. The fraction of sp³-hybridized carbons (Fsp3) is 0.267. The van der Waals surface area contributed by atoms with E-state index in [0.717, 1.165) is 34.8 Å². The fourth-order valence-electron chi connectivity index (χ4n) is 5.21. The molecule has 2 unspecified atom stereocenters. The van der Waals surface area contributed by atoms with Crippen molar-refractivity contribution >= 4 is 28.9 Å². The number of ether oxygens (including phenoxy) is 1. The van der Waals surface area contributed by atoms with Crippen LogP contribution in [0.4, 0.5) is 5.69 Å². The number of amides is 1. The lowest BCUT2D eigenvalue weighted by Crippen LogP contribution is -2.33. The lowest BCUT2D eigenvalue weighted by atomic mass is 9.96. The average Bonchev–Trinajstić information content (AvgIpc) is 3.43. The maximum absolute atomic E-state index is 13.0. The normalized spacial score (nSPS) is 16.7. The van der Waals surface area contributed by atoms with Crippen LogP contribution in [0.3, 0.4) is 0 Å². The molecule has 200 valence electrons. The Bertz CT molecular complexity index is 1460. The van der Waals surface area contributed by atoms with Crippen molar-refractivity contribution < 1.29 is 9.53 Å². The van der Waals surface area contributed by atoms with E-state index in [2.05, 4.69) is 56.0 Å². The molecule has 1 aliphatic heterocycles. The van der Waals surface area contributed by atoms with Crippen LogP contribution in [0.5, 0.6) is 5.75 Å². The Balaban J connectivity index is 1.43. The van der Waals surface area contributed by atoms with Crippen LogP contribution in [0.1, 0.15) is 46.7 Å². The summed E-state index contributed by atoms with van der Waals surface area (Å²) in [5.74, 6) is 0.516. The molecule has 3 aromatic heterocycles. The molecule has 0 saturated carbocycles. The van der Waals surface area contributed by atoms with Gasteiger partial charge in [0, 0.05) is 49.5 Å². The quantitative estimate of drug-likeness (QED) is 0.291. The van der Waals surface area contributed by atoms with Gasteiger partial charge in [-0.1, -0.05) is 24.3 Å². The molecule has 1 saturated heterocycles. The number of nitrogens with one attached hydrogen (secondary N) is 2. The van der Waals surface area contributed by atoms with Crippen molar-refractivity contribution in [3.63, 3.8) is 0 Å². The molecule has 4 aromatic rings. The summed E-state index contributed by atoms with van der Waals surface area (Å²) in [6.45, 7) is 5.44. The van der Waals surface area contributed by atoms with Crippen LogP contribution in [-0.4, -0.2) is 44.1 Å². The number of aryl methyl sites for hydroxylation is 1. The summed E-state index contributed by atoms with van der Waals surface area (Å²) in [6.07, 6.45) is 5.74. The van der Waals surface area contributed by atoms with Crippen molar-refractivity contribution in [2.75, 3.05) is 19.0 Å². The molecule has 1 aliphatic rings. The minimum absolute atomic E-state index is 0.107. The number of thiocarbonyl (C=S) groups is 1. The van der Waals surface area contributed by atoms with Gasteiger partial charge in [0.15, 0.2) is 5.11 Å². The number of nitrogens with zero attached hydrogens (tertiary/aromatic N) is 4. The summed E-state index contributed by atoms with van der Waals surface area (Å²) in [4.78, 5) is 24.0. The number of hydrogen-bond donors (Lipinski definition) is 2. The summed E-state index contributed by atoms with van der Waals surface area (Å²) in [6, 6.07) is 19.3. The Morgan fingerprint density at radius 1 is 1.10 bits per heavy atom. The van der Waals surface area contributed by atoms with Gasteiger partial charge in [0.05, 0.1) is 30.6 Å². The zero-order valence-corrected chi connectivity index (χ0v) is 23.1. The minimum atomic E-state index is -0.150. The van der Waals surface area contributed by atoms with Gasteiger partial charge in [0.2, 0.25) is 5.91 Å². The third-order valence-corrected chi connectivity index (χ3v) is 7.51. The highest BCUT2D eigenvalue weighted by molar-refractivity contribution is 7.80. The Kier molecular flexibility index (Phi) is 7.88. The van der Waals surface area contributed by atoms with Crippen LogP contribution < -0.4 is 15.4 Å². The van der Waals surface area contributed by atoms with E-state index in [4.69, 9.17) is 17.0 Å². The van der Waals surface area contributed by atoms with Crippen molar-refractivity contribution in [1.29, 1.82) is 0 Å². The van der Waals surface area contributed by atoms with E-state index in [1.807, 2.05) is 54.7 Å². The number of pyridine rings is 2. The molecular formula is C30H32N6O2S. The van der Waals surface area contributed by atoms with Gasteiger partial charge in [0.25, 0.3) is 0 Å². The number of para-hydroxylation sites is 2.